The van der Waals surface area contributed by atoms with Gasteiger partial charge >= 0.3 is 5.97 Å². The average molecular weight is 538 g/mol. The van der Waals surface area contributed by atoms with E-state index >= 15 is 0 Å². The Bertz CT molecular complexity index is 1140. The minimum absolute atomic E-state index is 0.132. The SMILES string of the molecule is NCCCC(=O)NCC#CC[S+](CC[C@H](N)C(=O)O)C[C@H]1O[C@@H](n2cnc3c(N)ncnc32)C(O)C1O. The Kier molecular flexibility index (Phi) is 10.4. The van der Waals surface area contributed by atoms with Gasteiger partial charge in [0.05, 0.1) is 12.9 Å². The van der Waals surface area contributed by atoms with E-state index < -0.39 is 47.4 Å². The number of amides is 1. The lowest BCUT2D eigenvalue weighted by Crippen LogP contribution is -2.38. The highest BCUT2D eigenvalue weighted by atomic mass is 32.2. The summed E-state index contributed by atoms with van der Waals surface area (Å²) in [5.74, 6) is 5.99. The highest BCUT2D eigenvalue weighted by molar-refractivity contribution is 7.97. The predicted molar refractivity (Wildman–Crippen MR) is 137 cm³/mol. The molecule has 0 spiro atoms. The second kappa shape index (κ2) is 13.5. The van der Waals surface area contributed by atoms with E-state index in [9.17, 15) is 19.8 Å². The van der Waals surface area contributed by atoms with E-state index in [0.29, 0.717) is 47.8 Å². The number of carbonyl (C=O) groups excluding carboxylic acids is 1. The van der Waals surface area contributed by atoms with Gasteiger partial charge in [0.2, 0.25) is 5.91 Å². The molecule has 0 aromatic carbocycles. The lowest BCUT2D eigenvalue weighted by atomic mass is 10.1. The van der Waals surface area contributed by atoms with Crippen molar-refractivity contribution in [2.45, 2.75) is 49.8 Å². The van der Waals surface area contributed by atoms with Gasteiger partial charge in [-0.3, -0.25) is 14.2 Å². The Morgan fingerprint density at radius 2 is 2.03 bits per heavy atom. The maximum atomic E-state index is 11.7. The van der Waals surface area contributed by atoms with Crippen LogP contribution in [-0.2, 0) is 25.2 Å². The number of carbonyl (C=O) groups is 2. The summed E-state index contributed by atoms with van der Waals surface area (Å²) in [5.41, 5.74) is 17.6. The van der Waals surface area contributed by atoms with Crippen molar-refractivity contribution in [3.8, 4) is 11.8 Å². The number of nitrogen functional groups attached to an aromatic ring is 1. The number of carboxylic acid groups (broad SMARTS) is 1. The number of aliphatic carboxylic acids is 1. The number of aliphatic hydroxyl groups is 2. The van der Waals surface area contributed by atoms with Crippen LogP contribution in [0.5, 0.6) is 0 Å². The molecule has 1 aliphatic rings. The number of nitrogens with zero attached hydrogens (tertiary/aromatic N) is 4. The summed E-state index contributed by atoms with van der Waals surface area (Å²) in [5, 5.41) is 33.3. The van der Waals surface area contributed by atoms with Crippen molar-refractivity contribution in [3.63, 3.8) is 0 Å². The van der Waals surface area contributed by atoms with Crippen LogP contribution in [0.4, 0.5) is 5.82 Å². The van der Waals surface area contributed by atoms with Gasteiger partial charge in [0.15, 0.2) is 23.4 Å². The average Bonchev–Trinajstić information content (AvgIpc) is 3.42. The fraction of sp³-hybridized carbons (Fsp3) is 0.591. The molecule has 3 rings (SSSR count). The first-order chi connectivity index (χ1) is 17.7. The standard InChI is InChI=1S/C22H32N8O6S/c23-6-3-4-15(31)26-7-1-2-8-37(9-5-13(24)22(34)35)10-14-17(32)18(33)21(36-14)30-12-29-16-19(25)27-11-28-20(16)30/h11-14,17-18,21,32-33H,3-10,23-24H2,(H3-,25,26,27,28,31,34,35)/p+1/t13-,14+,17?,18?,21+,37?/m0/s1. The number of aliphatic hydroxyl groups excluding tert-OH is 2. The Balaban J connectivity index is 1.66. The number of nitrogens with two attached hydrogens (primary N) is 3. The molecule has 2 aromatic heterocycles. The quantitative estimate of drug-likeness (QED) is 0.108. The summed E-state index contributed by atoms with van der Waals surface area (Å²) in [6.45, 7) is 0.612. The third-order valence-corrected chi connectivity index (χ3v) is 7.98. The molecule has 1 amide bonds. The van der Waals surface area contributed by atoms with E-state index in [-0.39, 0.29) is 24.7 Å². The van der Waals surface area contributed by atoms with Crippen LogP contribution in [0.1, 0.15) is 25.5 Å². The van der Waals surface area contributed by atoms with Gasteiger partial charge < -0.3 is 42.6 Å². The molecule has 0 radical (unpaired) electrons. The molecule has 3 unspecified atom stereocenters. The molecule has 1 fully saturated rings. The zero-order valence-electron chi connectivity index (χ0n) is 20.2. The number of hydrogen-bond acceptors (Lipinski definition) is 11. The van der Waals surface area contributed by atoms with E-state index in [0.717, 1.165) is 0 Å². The maximum Gasteiger partial charge on any atom is 0.320 e. The largest absolute Gasteiger partial charge is 0.480 e. The van der Waals surface area contributed by atoms with Crippen LogP contribution in [0.15, 0.2) is 12.7 Å². The van der Waals surface area contributed by atoms with Crippen LogP contribution in [0.2, 0.25) is 0 Å². The van der Waals surface area contributed by atoms with Crippen molar-refractivity contribution >= 4 is 39.8 Å². The molecule has 0 aliphatic carbocycles. The van der Waals surface area contributed by atoms with Crippen molar-refractivity contribution in [1.29, 1.82) is 0 Å². The number of aromatic nitrogens is 4. The summed E-state index contributed by atoms with van der Waals surface area (Å²) in [6, 6.07) is -1.03. The van der Waals surface area contributed by atoms with Gasteiger partial charge in [-0.05, 0) is 18.9 Å². The second-order valence-electron chi connectivity index (χ2n) is 8.51. The predicted octanol–water partition coefficient (Wildman–Crippen LogP) is -2.69. The number of carboxylic acids is 1. The molecular formula is C22H33N8O6S+. The van der Waals surface area contributed by atoms with Crippen molar-refractivity contribution < 1.29 is 29.6 Å². The highest BCUT2D eigenvalue weighted by Gasteiger charge is 2.47. The number of nitrogens with one attached hydrogen (secondary N) is 1. The van der Waals surface area contributed by atoms with Gasteiger partial charge in [-0.2, -0.15) is 0 Å². The first kappa shape index (κ1) is 28.6. The van der Waals surface area contributed by atoms with E-state index in [1.165, 1.54) is 17.2 Å². The molecule has 2 aromatic rings. The first-order valence-electron chi connectivity index (χ1n) is 11.7. The third-order valence-electron chi connectivity index (χ3n) is 5.82. The van der Waals surface area contributed by atoms with E-state index in [4.69, 9.17) is 27.0 Å². The van der Waals surface area contributed by atoms with Crippen LogP contribution in [0.3, 0.4) is 0 Å². The van der Waals surface area contributed by atoms with Crippen molar-refractivity contribution in [2.24, 2.45) is 11.5 Å². The molecule has 0 saturated carbocycles. The lowest BCUT2D eigenvalue weighted by Gasteiger charge is -2.16. The van der Waals surface area contributed by atoms with Crippen LogP contribution in [-0.4, -0.2) is 101 Å². The molecule has 1 aliphatic heterocycles. The van der Waals surface area contributed by atoms with Crippen LogP contribution in [0, 0.1) is 11.8 Å². The number of hydrogen-bond donors (Lipinski definition) is 7. The number of imidazole rings is 1. The van der Waals surface area contributed by atoms with E-state index in [1.807, 2.05) is 0 Å². The second-order valence-corrected chi connectivity index (χ2v) is 10.8. The normalized spacial score (nSPS) is 22.8. The van der Waals surface area contributed by atoms with Crippen molar-refractivity contribution in [2.75, 3.05) is 36.1 Å². The van der Waals surface area contributed by atoms with Gasteiger partial charge in [-0.15, -0.1) is 0 Å². The smallest absolute Gasteiger partial charge is 0.320 e. The van der Waals surface area contributed by atoms with Gasteiger partial charge in [0.25, 0.3) is 0 Å². The van der Waals surface area contributed by atoms with Crippen LogP contribution in [0.25, 0.3) is 11.2 Å². The van der Waals surface area contributed by atoms with Crippen molar-refractivity contribution in [3.05, 3.63) is 12.7 Å². The Morgan fingerprint density at radius 1 is 1.24 bits per heavy atom. The number of rotatable bonds is 12. The Morgan fingerprint density at radius 3 is 2.76 bits per heavy atom. The lowest BCUT2D eigenvalue weighted by molar-refractivity contribution is -0.138. The molecular weight excluding hydrogens is 504 g/mol. The van der Waals surface area contributed by atoms with E-state index in [2.05, 4.69) is 32.1 Å². The first-order valence-corrected chi connectivity index (χ1v) is 13.5. The molecule has 15 heteroatoms. The van der Waals surface area contributed by atoms with Gasteiger partial charge in [-0.25, -0.2) is 15.0 Å². The zero-order valence-corrected chi connectivity index (χ0v) is 21.0. The summed E-state index contributed by atoms with van der Waals surface area (Å²) >= 11 is 0. The topological polar surface area (TPSA) is 238 Å². The fourth-order valence-electron chi connectivity index (χ4n) is 3.73. The fourth-order valence-corrected chi connectivity index (χ4v) is 5.79. The Hall–Kier alpha value is -3.00. The van der Waals surface area contributed by atoms with Crippen molar-refractivity contribution in [1.82, 2.24) is 24.8 Å². The molecule has 3 heterocycles. The zero-order chi connectivity index (χ0) is 26.9. The molecule has 37 heavy (non-hydrogen) atoms. The molecule has 10 N–H and O–H groups in total. The van der Waals surface area contributed by atoms with Crippen LogP contribution >= 0.6 is 0 Å². The molecule has 6 atom stereocenters. The number of anilines is 1. The molecule has 202 valence electrons. The molecule has 0 bridgehead atoms. The summed E-state index contributed by atoms with van der Waals surface area (Å²) < 4.78 is 7.52. The van der Waals surface area contributed by atoms with Gasteiger partial charge in [0.1, 0.15) is 47.7 Å². The molecule has 14 nitrogen and oxygen atoms in total. The maximum absolute atomic E-state index is 11.7. The number of fused-ring (bicyclic) bond motifs is 1. The molecule has 1 saturated heterocycles. The van der Waals surface area contributed by atoms with Gasteiger partial charge in [-0.1, -0.05) is 5.92 Å². The minimum atomic E-state index is -1.26. The summed E-state index contributed by atoms with van der Waals surface area (Å²) in [4.78, 5) is 35.1. The highest BCUT2D eigenvalue weighted by Crippen LogP contribution is 2.33. The Labute approximate surface area is 216 Å². The minimum Gasteiger partial charge on any atom is -0.480 e. The number of ether oxygens (including phenoxy) is 1. The van der Waals surface area contributed by atoms with Gasteiger partial charge in [0, 0.05) is 23.7 Å². The third kappa shape index (κ3) is 7.51. The van der Waals surface area contributed by atoms with E-state index in [1.54, 1.807) is 0 Å². The monoisotopic (exact) mass is 537 g/mol. The summed E-state index contributed by atoms with van der Waals surface area (Å²) in [6.07, 6.45) is -0.350. The summed E-state index contributed by atoms with van der Waals surface area (Å²) in [7, 11) is -0.511. The van der Waals surface area contributed by atoms with Crippen LogP contribution < -0.4 is 22.5 Å².